The predicted octanol–water partition coefficient (Wildman–Crippen LogP) is -2.29. The summed E-state index contributed by atoms with van der Waals surface area (Å²) in [7, 11) is 0. The molecule has 0 nitrogen and oxygen atoms in total. The fourth-order valence-corrected chi connectivity index (χ4v) is 0. The zero-order valence-corrected chi connectivity index (χ0v) is 3.67. The summed E-state index contributed by atoms with van der Waals surface area (Å²) in [5.41, 5.74) is 0. The summed E-state index contributed by atoms with van der Waals surface area (Å²) in [5, 5.41) is 0. The largest absolute Gasteiger partial charge is 0.147 e. The monoisotopic (exact) mass is 150 g/mol. The highest BCUT2D eigenvalue weighted by Gasteiger charge is 0.0834. The molecule has 0 aliphatic heterocycles. The molecule has 6 heavy (non-hydrogen) atoms. The Hall–Kier alpha value is 1.06. The van der Waals surface area contributed by atoms with Gasteiger partial charge in [-0.2, -0.15) is 0 Å². The van der Waals surface area contributed by atoms with E-state index in [9.17, 15) is 0 Å². The molecule has 0 aliphatic carbocycles. The van der Waals surface area contributed by atoms with Gasteiger partial charge in [-0.3, -0.25) is 0 Å². The lowest BCUT2D eigenvalue weighted by Crippen LogP contribution is -0.382. The Bertz CT molecular complexity index is 6.00. The second kappa shape index (κ2) is 137. The van der Waals surface area contributed by atoms with Crippen molar-refractivity contribution in [1.29, 1.82) is 0 Å². The molecule has 0 aliphatic rings. The van der Waals surface area contributed by atoms with Crippen LogP contribution >= 0.6 is 37.2 Å². The molecule has 0 atom stereocenters. The van der Waals surface area contributed by atoms with Gasteiger partial charge in [0.25, 0.3) is 0 Å². The quantitative estimate of drug-likeness (QED) is 0.342. The van der Waals surface area contributed by atoms with Crippen molar-refractivity contribution in [3.05, 3.63) is 0 Å². The van der Waals surface area contributed by atoms with Gasteiger partial charge in [-0.15, -0.1) is 37.2 Å². The molecule has 0 rings (SSSR count). The molecule has 0 heterocycles. The van der Waals surface area contributed by atoms with Crippen LogP contribution in [-0.4, -0.2) is 25.2 Å². The molecule has 0 N–H and O–H groups in total. The van der Waals surface area contributed by atoms with E-state index >= 15 is 0 Å². The smallest absolute Gasteiger partial charge is 0.0814 e. The highest BCUT2D eigenvalue weighted by atomic mass is 35.5. The minimum atomic E-state index is 0. The third-order valence-corrected chi connectivity index (χ3v) is 0. The van der Waals surface area contributed by atoms with Crippen molar-refractivity contribution in [3.8, 4) is 0 Å². The van der Waals surface area contributed by atoms with Gasteiger partial charge in [-0.1, -0.05) is 0 Å². The molecule has 0 aromatic rings. The molecule has 0 saturated heterocycles. The standard InChI is InChI=1S/3BH3.3ClH/h3*1H3;3*1H. The van der Waals surface area contributed by atoms with Gasteiger partial charge in [-0.05, 0) is 0 Å². The molecule has 0 radical (unpaired) electrons. The van der Waals surface area contributed by atoms with Gasteiger partial charge in [0.2, 0.25) is 0 Å². The average molecular weight is 151 g/mol. The van der Waals surface area contributed by atoms with Gasteiger partial charge in [0.15, 0.2) is 0 Å². The summed E-state index contributed by atoms with van der Waals surface area (Å²) < 4.78 is 0. The van der Waals surface area contributed by atoms with E-state index in [1.807, 2.05) is 0 Å². The molecule has 0 amide bonds. The Morgan fingerprint density at radius 3 is 0.333 bits per heavy atom. The molecule has 0 aromatic carbocycles. The number of hydrogen-bond donors (Lipinski definition) is 0. The van der Waals surface area contributed by atoms with Crippen molar-refractivity contribution in [3.63, 3.8) is 0 Å². The lowest BCUT2D eigenvalue weighted by molar-refractivity contribution is 5.75. The van der Waals surface area contributed by atoms with Gasteiger partial charge in [0.05, 0.1) is 25.2 Å². The Morgan fingerprint density at radius 1 is 0.333 bits per heavy atom. The SMILES string of the molecule is B.B.B.Cl.Cl.Cl. The van der Waals surface area contributed by atoms with E-state index in [1.165, 1.54) is 0 Å². The summed E-state index contributed by atoms with van der Waals surface area (Å²) in [6.07, 6.45) is 0. The lowest BCUT2D eigenvalue weighted by atomic mass is 10.8. The van der Waals surface area contributed by atoms with Gasteiger partial charge >= 0.3 is 0 Å². The van der Waals surface area contributed by atoms with Crippen LogP contribution in [0.1, 0.15) is 0 Å². The maximum atomic E-state index is 0. The van der Waals surface area contributed by atoms with Crippen LogP contribution in [0.3, 0.4) is 0 Å². The summed E-state index contributed by atoms with van der Waals surface area (Å²) in [6, 6.07) is 0. The van der Waals surface area contributed by atoms with Crippen LogP contribution in [0.4, 0.5) is 0 Å². The second-order valence-electron chi connectivity index (χ2n) is 0. The van der Waals surface area contributed by atoms with Crippen LogP contribution in [-0.2, 0) is 0 Å². The van der Waals surface area contributed by atoms with E-state index < -0.39 is 0 Å². The van der Waals surface area contributed by atoms with Crippen LogP contribution in [0.2, 0.25) is 0 Å². The van der Waals surface area contributed by atoms with E-state index in [0.29, 0.717) is 0 Å². The third kappa shape index (κ3) is 73.8. The van der Waals surface area contributed by atoms with Crippen molar-refractivity contribution in [1.82, 2.24) is 0 Å². The number of rotatable bonds is 0. The normalized spacial score (nSPS) is 0. The first-order valence-electron chi connectivity index (χ1n) is 0. The van der Waals surface area contributed by atoms with E-state index in [-0.39, 0.29) is 62.5 Å². The predicted molar refractivity (Wildman–Crippen MR) is 51.6 cm³/mol. The average Bonchev–Trinajstić information content (AvgIpc) is 0. The minimum Gasteiger partial charge on any atom is -0.147 e. The molecule has 0 bridgehead atoms. The van der Waals surface area contributed by atoms with Crippen molar-refractivity contribution < 1.29 is 0 Å². The zero-order valence-electron chi connectivity index (χ0n) is 1.22. The Balaban J connectivity index is 0. The Labute approximate surface area is 62.8 Å². The molecular formula is H12B3Cl3. The van der Waals surface area contributed by atoms with Crippen molar-refractivity contribution >= 4 is 62.5 Å². The molecule has 42 valence electrons. The first kappa shape index (κ1) is 229. The van der Waals surface area contributed by atoms with Crippen molar-refractivity contribution in [2.24, 2.45) is 0 Å². The highest BCUT2D eigenvalue weighted by Crippen LogP contribution is 0.692. The van der Waals surface area contributed by atoms with E-state index in [0.717, 1.165) is 0 Å². The molecule has 6 heteroatoms. The van der Waals surface area contributed by atoms with Gasteiger partial charge < -0.3 is 0 Å². The Morgan fingerprint density at radius 2 is 0.333 bits per heavy atom. The fraction of sp³-hybridized carbons (Fsp3) is 0. The van der Waals surface area contributed by atoms with E-state index in [2.05, 4.69) is 0 Å². The summed E-state index contributed by atoms with van der Waals surface area (Å²) >= 11 is 0. The first-order valence-corrected chi connectivity index (χ1v) is 0. The maximum Gasteiger partial charge on any atom is 0.0814 e. The highest BCUT2D eigenvalue weighted by molar-refractivity contribution is 5.86. The molecule has 0 unspecified atom stereocenters. The van der Waals surface area contributed by atoms with Crippen LogP contribution in [0.25, 0.3) is 0 Å². The molecule has 0 saturated carbocycles. The fourth-order valence-electron chi connectivity index (χ4n) is 0. The van der Waals surface area contributed by atoms with Crippen molar-refractivity contribution in [2.75, 3.05) is 0 Å². The van der Waals surface area contributed by atoms with E-state index in [1.54, 1.807) is 0 Å². The minimum absolute atomic E-state index is 0. The second-order valence-corrected chi connectivity index (χ2v) is 0. The van der Waals surface area contributed by atoms with Crippen LogP contribution in [0.5, 0.6) is 0 Å². The molecular weight excluding hydrogens is 139 g/mol. The zero-order chi connectivity index (χ0) is 0. The molecule has 0 spiro atoms. The summed E-state index contributed by atoms with van der Waals surface area (Å²) in [5.74, 6) is 0. The first-order chi connectivity index (χ1) is 0. The summed E-state index contributed by atoms with van der Waals surface area (Å²) in [6.45, 7) is 0. The van der Waals surface area contributed by atoms with Crippen LogP contribution < -0.4 is 0 Å². The maximum absolute atomic E-state index is 0. The van der Waals surface area contributed by atoms with Crippen LogP contribution in [0.15, 0.2) is 0 Å². The van der Waals surface area contributed by atoms with Gasteiger partial charge in [0.1, 0.15) is 0 Å². The molecule has 0 aromatic heterocycles. The van der Waals surface area contributed by atoms with Gasteiger partial charge in [-0.25, -0.2) is 0 Å². The van der Waals surface area contributed by atoms with Gasteiger partial charge in [0, 0.05) is 0 Å². The van der Waals surface area contributed by atoms with Crippen molar-refractivity contribution in [2.45, 2.75) is 0 Å². The summed E-state index contributed by atoms with van der Waals surface area (Å²) in [4.78, 5) is 0. The molecule has 0 fully saturated rings. The van der Waals surface area contributed by atoms with Crippen LogP contribution in [0, 0.1) is 0 Å². The lowest BCUT2D eigenvalue weighted by Gasteiger charge is -0.148. The van der Waals surface area contributed by atoms with E-state index in [4.69, 9.17) is 0 Å². The topological polar surface area (TPSA) is 0 Å². The number of hydrogen-bond acceptors (Lipinski definition) is 0. The number of halogens is 3. The Kier molecular flexibility index (Phi) is 5240. The third-order valence-electron chi connectivity index (χ3n) is 0.